The molecule has 0 aliphatic carbocycles. The lowest BCUT2D eigenvalue weighted by Gasteiger charge is -2.19. The molecule has 0 N–H and O–H groups in total. The van der Waals surface area contributed by atoms with Crippen LogP contribution in [0.4, 0.5) is 5.69 Å². The van der Waals surface area contributed by atoms with E-state index in [0.29, 0.717) is 6.42 Å². The Balaban J connectivity index is 1.54. The molecule has 2 aromatic heterocycles. The highest BCUT2D eigenvalue weighted by molar-refractivity contribution is 7.18. The van der Waals surface area contributed by atoms with E-state index in [-0.39, 0.29) is 18.3 Å². The number of carbonyl (C=O) groups is 2. The van der Waals surface area contributed by atoms with Crippen LogP contribution in [0.15, 0.2) is 48.8 Å². The van der Waals surface area contributed by atoms with Crippen LogP contribution >= 0.6 is 11.3 Å². The van der Waals surface area contributed by atoms with E-state index in [1.165, 1.54) is 0 Å². The van der Waals surface area contributed by atoms with Crippen molar-refractivity contribution in [3.05, 3.63) is 59.9 Å². The van der Waals surface area contributed by atoms with Crippen LogP contribution in [0.2, 0.25) is 0 Å². The predicted molar refractivity (Wildman–Crippen MR) is 120 cm³/mol. The van der Waals surface area contributed by atoms with Crippen LogP contribution in [0.1, 0.15) is 31.9 Å². The minimum absolute atomic E-state index is 0.127. The van der Waals surface area contributed by atoms with Gasteiger partial charge in [0, 0.05) is 40.4 Å². The molecule has 1 aromatic carbocycles. The van der Waals surface area contributed by atoms with E-state index >= 15 is 0 Å². The number of aromatic nitrogens is 1. The molecule has 1 aliphatic heterocycles. The maximum atomic E-state index is 12.1. The topological polar surface area (TPSA) is 59.5 Å². The highest BCUT2D eigenvalue weighted by atomic mass is 32.1. The van der Waals surface area contributed by atoms with Gasteiger partial charge in [-0.25, -0.2) is 0 Å². The number of nitrogens with zero attached hydrogens (tertiary/aromatic N) is 2. The summed E-state index contributed by atoms with van der Waals surface area (Å²) in [5.74, 6) is -0.132. The zero-order valence-electron chi connectivity index (χ0n) is 17.6. The number of esters is 1. The maximum Gasteiger partial charge on any atom is 0.310 e. The Morgan fingerprint density at radius 3 is 2.57 bits per heavy atom. The molecule has 5 nitrogen and oxygen atoms in total. The third-order valence-corrected chi connectivity index (χ3v) is 6.08. The molecule has 3 aromatic rings. The molecule has 154 valence electrons. The lowest BCUT2D eigenvalue weighted by Crippen LogP contribution is -2.24. The van der Waals surface area contributed by atoms with Gasteiger partial charge in [-0.2, -0.15) is 0 Å². The molecule has 6 heteroatoms. The van der Waals surface area contributed by atoms with Crippen molar-refractivity contribution in [2.24, 2.45) is 0 Å². The third kappa shape index (κ3) is 4.28. The van der Waals surface area contributed by atoms with Gasteiger partial charge >= 0.3 is 5.97 Å². The van der Waals surface area contributed by atoms with Crippen LogP contribution in [0, 0.1) is 0 Å². The Morgan fingerprint density at radius 1 is 1.10 bits per heavy atom. The van der Waals surface area contributed by atoms with Crippen LogP contribution in [-0.2, 0) is 27.2 Å². The first-order valence-electron chi connectivity index (χ1n) is 9.85. The standard InChI is InChI=1S/C24H24N2O3S/c1-24(2,3)29-23(28)10-15-9-18(14-25-13-15)21-8-7-20(30-21)16-5-6-19-17(11-16)12-22(27)26(19)4/h5-9,11,13-14H,10,12H2,1-4H3. The van der Waals surface area contributed by atoms with E-state index in [2.05, 4.69) is 29.2 Å². The number of hydrogen-bond donors (Lipinski definition) is 0. The first kappa shape index (κ1) is 20.3. The van der Waals surface area contributed by atoms with Crippen molar-refractivity contribution < 1.29 is 14.3 Å². The summed E-state index contributed by atoms with van der Waals surface area (Å²) in [7, 11) is 1.81. The van der Waals surface area contributed by atoms with Crippen molar-refractivity contribution in [1.82, 2.24) is 4.98 Å². The van der Waals surface area contributed by atoms with E-state index in [4.69, 9.17) is 4.74 Å². The molecule has 0 radical (unpaired) electrons. The summed E-state index contributed by atoms with van der Waals surface area (Å²) in [5.41, 5.74) is 4.46. The van der Waals surface area contributed by atoms with Crippen LogP contribution in [-0.4, -0.2) is 29.5 Å². The minimum atomic E-state index is -0.500. The van der Waals surface area contributed by atoms with E-state index in [9.17, 15) is 9.59 Å². The number of pyridine rings is 1. The summed E-state index contributed by atoms with van der Waals surface area (Å²) in [6, 6.07) is 12.3. The van der Waals surface area contributed by atoms with E-state index in [0.717, 1.165) is 37.7 Å². The lowest BCUT2D eigenvalue weighted by molar-refractivity contribution is -0.153. The van der Waals surface area contributed by atoms with Gasteiger partial charge < -0.3 is 9.64 Å². The SMILES string of the molecule is CN1C(=O)Cc2cc(-c3ccc(-c4cncc(CC(=O)OC(C)(C)C)c4)s3)ccc21. The van der Waals surface area contributed by atoms with Gasteiger partial charge in [-0.1, -0.05) is 6.07 Å². The smallest absolute Gasteiger partial charge is 0.310 e. The molecule has 1 aliphatic rings. The second-order valence-corrected chi connectivity index (χ2v) is 9.57. The number of fused-ring (bicyclic) bond motifs is 1. The molecular weight excluding hydrogens is 396 g/mol. The fourth-order valence-electron chi connectivity index (χ4n) is 3.53. The normalized spacial score (nSPS) is 13.5. The second kappa shape index (κ2) is 7.69. The minimum Gasteiger partial charge on any atom is -0.460 e. The Labute approximate surface area is 180 Å². The second-order valence-electron chi connectivity index (χ2n) is 8.48. The van der Waals surface area contributed by atoms with Crippen molar-refractivity contribution in [1.29, 1.82) is 0 Å². The van der Waals surface area contributed by atoms with Crippen molar-refractivity contribution in [3.63, 3.8) is 0 Å². The molecule has 0 fully saturated rings. The summed E-state index contributed by atoms with van der Waals surface area (Å²) >= 11 is 1.67. The first-order chi connectivity index (χ1) is 14.2. The molecule has 1 amide bonds. The van der Waals surface area contributed by atoms with Crippen LogP contribution in [0.25, 0.3) is 20.9 Å². The predicted octanol–water partition coefficient (Wildman–Crippen LogP) is 4.88. The number of benzene rings is 1. The number of ether oxygens (including phenoxy) is 1. The first-order valence-corrected chi connectivity index (χ1v) is 10.7. The highest BCUT2D eigenvalue weighted by Gasteiger charge is 2.24. The van der Waals surface area contributed by atoms with Crippen molar-refractivity contribution >= 4 is 28.9 Å². The van der Waals surface area contributed by atoms with Gasteiger partial charge in [0.25, 0.3) is 0 Å². The van der Waals surface area contributed by atoms with Crippen LogP contribution < -0.4 is 4.90 Å². The number of rotatable bonds is 4. The largest absolute Gasteiger partial charge is 0.460 e. The molecule has 0 saturated carbocycles. The zero-order valence-corrected chi connectivity index (χ0v) is 18.4. The fourth-order valence-corrected chi connectivity index (χ4v) is 4.52. The summed E-state index contributed by atoms with van der Waals surface area (Å²) in [6.45, 7) is 5.58. The van der Waals surface area contributed by atoms with Gasteiger partial charge in [-0.15, -0.1) is 11.3 Å². The van der Waals surface area contributed by atoms with Crippen LogP contribution in [0.3, 0.4) is 0 Å². The number of amides is 1. The van der Waals surface area contributed by atoms with Gasteiger partial charge in [0.1, 0.15) is 5.60 Å². The monoisotopic (exact) mass is 420 g/mol. The molecule has 0 bridgehead atoms. The Morgan fingerprint density at radius 2 is 1.83 bits per heavy atom. The Bertz CT molecular complexity index is 1130. The van der Waals surface area contributed by atoms with Crippen molar-refractivity contribution in [3.8, 4) is 20.9 Å². The summed E-state index contributed by atoms with van der Waals surface area (Å²) in [6.07, 6.45) is 4.16. The average Bonchev–Trinajstić information content (AvgIpc) is 3.26. The van der Waals surface area contributed by atoms with Gasteiger partial charge in [0.05, 0.1) is 12.8 Å². The number of anilines is 1. The van der Waals surface area contributed by atoms with E-state index < -0.39 is 5.60 Å². The number of likely N-dealkylation sites (N-methyl/N-ethyl adjacent to an activating group) is 1. The average molecular weight is 421 g/mol. The van der Waals surface area contributed by atoms with E-state index in [1.807, 2.05) is 46.1 Å². The van der Waals surface area contributed by atoms with Gasteiger partial charge in [-0.05, 0) is 67.8 Å². The lowest BCUT2D eigenvalue weighted by atomic mass is 10.1. The molecule has 0 unspecified atom stereocenters. The number of hydrogen-bond acceptors (Lipinski definition) is 5. The van der Waals surface area contributed by atoms with Crippen molar-refractivity contribution in [2.75, 3.05) is 11.9 Å². The number of carbonyl (C=O) groups excluding carboxylic acids is 2. The highest BCUT2D eigenvalue weighted by Crippen LogP contribution is 2.37. The van der Waals surface area contributed by atoms with Crippen molar-refractivity contribution in [2.45, 2.75) is 39.2 Å². The summed E-state index contributed by atoms with van der Waals surface area (Å²) < 4.78 is 5.41. The Kier molecular flexibility index (Phi) is 5.20. The zero-order chi connectivity index (χ0) is 21.5. The summed E-state index contributed by atoms with van der Waals surface area (Å²) in [4.78, 5) is 32.3. The molecule has 3 heterocycles. The number of thiophene rings is 1. The molecular formula is C24H24N2O3S. The van der Waals surface area contributed by atoms with E-state index in [1.54, 1.807) is 22.4 Å². The quantitative estimate of drug-likeness (QED) is 0.565. The third-order valence-electron chi connectivity index (χ3n) is 4.90. The maximum absolute atomic E-state index is 12.1. The fraction of sp³-hybridized carbons (Fsp3) is 0.292. The molecule has 4 rings (SSSR count). The molecule has 30 heavy (non-hydrogen) atoms. The van der Waals surface area contributed by atoms with Gasteiger partial charge in [-0.3, -0.25) is 14.6 Å². The van der Waals surface area contributed by atoms with Crippen LogP contribution in [0.5, 0.6) is 0 Å². The molecule has 0 saturated heterocycles. The van der Waals surface area contributed by atoms with Gasteiger partial charge in [0.15, 0.2) is 0 Å². The Hall–Kier alpha value is -2.99. The molecule has 0 atom stereocenters. The van der Waals surface area contributed by atoms with Gasteiger partial charge in [0.2, 0.25) is 5.91 Å². The summed E-state index contributed by atoms with van der Waals surface area (Å²) in [5, 5.41) is 0. The molecule has 0 spiro atoms.